The van der Waals surface area contributed by atoms with Crippen LogP contribution in [0.4, 0.5) is 5.13 Å². The van der Waals surface area contributed by atoms with Crippen molar-refractivity contribution in [3.8, 4) is 5.75 Å². The Labute approximate surface area is 225 Å². The molecule has 1 amide bonds. The second kappa shape index (κ2) is 11.7. The molecule has 188 valence electrons. The first-order chi connectivity index (χ1) is 18.0. The first kappa shape index (κ1) is 25.1. The van der Waals surface area contributed by atoms with Crippen LogP contribution in [0.25, 0.3) is 10.3 Å². The molecule has 0 saturated carbocycles. The highest BCUT2D eigenvalue weighted by Crippen LogP contribution is 2.34. The molecule has 0 unspecified atom stereocenters. The summed E-state index contributed by atoms with van der Waals surface area (Å²) in [7, 11) is 4.02. The van der Waals surface area contributed by atoms with Gasteiger partial charge >= 0.3 is 0 Å². The van der Waals surface area contributed by atoms with E-state index < -0.39 is 0 Å². The first-order valence-corrected chi connectivity index (χ1v) is 13.6. The number of carbonyl (C=O) groups excluding carboxylic acids is 1. The number of aromatic nitrogens is 6. The summed E-state index contributed by atoms with van der Waals surface area (Å²) in [6.07, 6.45) is 3.19. The number of H-pyrrole nitrogens is 1. The van der Waals surface area contributed by atoms with E-state index in [1.54, 1.807) is 6.20 Å². The molecule has 1 aromatic carbocycles. The molecule has 0 atom stereocenters. The van der Waals surface area contributed by atoms with Gasteiger partial charge in [-0.3, -0.25) is 10.1 Å². The van der Waals surface area contributed by atoms with E-state index in [0.29, 0.717) is 26.8 Å². The lowest BCUT2D eigenvalue weighted by atomic mass is 10.3. The molecule has 0 aliphatic heterocycles. The summed E-state index contributed by atoms with van der Waals surface area (Å²) >= 11 is 4.05. The molecule has 0 bridgehead atoms. The minimum absolute atomic E-state index is 0.285. The highest BCUT2D eigenvalue weighted by atomic mass is 32.2. The normalized spacial score (nSPS) is 11.2. The molecule has 4 aromatic heterocycles. The van der Waals surface area contributed by atoms with Gasteiger partial charge < -0.3 is 14.6 Å². The van der Waals surface area contributed by atoms with Gasteiger partial charge in [-0.25, -0.2) is 15.0 Å². The smallest absolute Gasteiger partial charge is 0.277 e. The van der Waals surface area contributed by atoms with E-state index in [-0.39, 0.29) is 11.6 Å². The average molecular weight is 551 g/mol. The summed E-state index contributed by atoms with van der Waals surface area (Å²) in [5.74, 6) is 0.441. The molecular weight excluding hydrogens is 529 g/mol. The number of thiazole rings is 1. The Balaban J connectivity index is 1.37. The van der Waals surface area contributed by atoms with Crippen LogP contribution in [0.15, 0.2) is 81.0 Å². The van der Waals surface area contributed by atoms with Crippen molar-refractivity contribution in [1.29, 1.82) is 0 Å². The predicted octanol–water partition coefficient (Wildman–Crippen LogP) is 4.70. The number of carbonyl (C=O) groups is 1. The number of nitrogens with zero attached hydrogens (tertiary/aromatic N) is 6. The van der Waals surface area contributed by atoms with Crippen LogP contribution in [0, 0.1) is 0 Å². The van der Waals surface area contributed by atoms with E-state index in [1.165, 1.54) is 41.2 Å². The largest absolute Gasteiger partial charge is 0.492 e. The van der Waals surface area contributed by atoms with Gasteiger partial charge in [0.2, 0.25) is 0 Å². The fourth-order valence-electron chi connectivity index (χ4n) is 3.13. The molecule has 10 nitrogen and oxygen atoms in total. The minimum Gasteiger partial charge on any atom is -0.492 e. The molecule has 0 saturated heterocycles. The Kier molecular flexibility index (Phi) is 7.94. The molecule has 0 radical (unpaired) electrons. The van der Waals surface area contributed by atoms with Crippen LogP contribution in [0.2, 0.25) is 0 Å². The lowest BCUT2D eigenvalue weighted by Crippen LogP contribution is -2.19. The molecule has 0 aliphatic rings. The molecule has 2 N–H and O–H groups in total. The zero-order valence-electron chi connectivity index (χ0n) is 19.9. The van der Waals surface area contributed by atoms with Crippen LogP contribution in [0.3, 0.4) is 0 Å². The van der Waals surface area contributed by atoms with Crippen molar-refractivity contribution in [1.82, 2.24) is 35.0 Å². The third kappa shape index (κ3) is 6.63. The fourth-order valence-corrected chi connectivity index (χ4v) is 5.50. The molecule has 0 aliphatic carbocycles. The quantitative estimate of drug-likeness (QED) is 0.253. The van der Waals surface area contributed by atoms with E-state index in [2.05, 4.69) is 40.3 Å². The maximum Gasteiger partial charge on any atom is 0.277 e. The van der Waals surface area contributed by atoms with Gasteiger partial charge in [0.1, 0.15) is 39.8 Å². The molecule has 37 heavy (non-hydrogen) atoms. The van der Waals surface area contributed by atoms with Gasteiger partial charge in [0, 0.05) is 22.5 Å². The Bertz CT molecular complexity index is 1460. The Morgan fingerprint density at radius 3 is 2.73 bits per heavy atom. The Morgan fingerprint density at radius 2 is 1.97 bits per heavy atom. The molecule has 0 spiro atoms. The number of amides is 1. The minimum atomic E-state index is -0.356. The predicted molar refractivity (Wildman–Crippen MR) is 145 cm³/mol. The summed E-state index contributed by atoms with van der Waals surface area (Å²) in [5, 5.41) is 12.3. The highest BCUT2D eigenvalue weighted by molar-refractivity contribution is 7.99. The summed E-state index contributed by atoms with van der Waals surface area (Å²) in [6, 6.07) is 15.2. The van der Waals surface area contributed by atoms with E-state index in [0.717, 1.165) is 27.5 Å². The van der Waals surface area contributed by atoms with Gasteiger partial charge in [-0.2, -0.15) is 0 Å². The number of nitrogens with one attached hydrogen (secondary N) is 2. The number of hydrogen-bond acceptors (Lipinski definition) is 11. The summed E-state index contributed by atoms with van der Waals surface area (Å²) in [6.45, 7) is 1.45. The molecule has 13 heteroatoms. The molecule has 5 aromatic rings. The second-order valence-corrected chi connectivity index (χ2v) is 11.0. The van der Waals surface area contributed by atoms with Crippen LogP contribution in [0.1, 0.15) is 10.5 Å². The number of likely N-dealkylation sites (N-methyl/N-ethyl adjacent to an activating group) is 1. The maximum absolute atomic E-state index is 13.4. The first-order valence-electron chi connectivity index (χ1n) is 11.2. The molecule has 5 rings (SSSR count). The number of ether oxygens (including phenoxy) is 1. The maximum atomic E-state index is 13.4. The van der Waals surface area contributed by atoms with Gasteiger partial charge in [-0.05, 0) is 74.4 Å². The summed E-state index contributed by atoms with van der Waals surface area (Å²) in [5.41, 5.74) is 1.01. The number of anilines is 1. The Morgan fingerprint density at radius 1 is 1.11 bits per heavy atom. The number of aromatic amines is 1. The lowest BCUT2D eigenvalue weighted by molar-refractivity contribution is 0.101. The number of benzene rings is 1. The van der Waals surface area contributed by atoms with Gasteiger partial charge in [0.25, 0.3) is 5.91 Å². The van der Waals surface area contributed by atoms with Crippen molar-refractivity contribution in [3.63, 3.8) is 0 Å². The monoisotopic (exact) mass is 550 g/mol. The Hall–Kier alpha value is -3.52. The molecule has 4 heterocycles. The number of fused-ring (bicyclic) bond motifs is 1. The van der Waals surface area contributed by atoms with Crippen LogP contribution >= 0.6 is 34.9 Å². The van der Waals surface area contributed by atoms with Gasteiger partial charge in [-0.1, -0.05) is 23.1 Å². The number of rotatable bonds is 10. The zero-order chi connectivity index (χ0) is 25.6. The average Bonchev–Trinajstić information content (AvgIpc) is 3.55. The van der Waals surface area contributed by atoms with Crippen molar-refractivity contribution in [2.45, 2.75) is 20.0 Å². The van der Waals surface area contributed by atoms with Crippen molar-refractivity contribution < 1.29 is 9.53 Å². The lowest BCUT2D eigenvalue weighted by Gasteiger charge is -2.12. The van der Waals surface area contributed by atoms with E-state index in [9.17, 15) is 4.79 Å². The van der Waals surface area contributed by atoms with E-state index in [1.807, 2.05) is 62.6 Å². The van der Waals surface area contributed by atoms with E-state index in [4.69, 9.17) is 4.74 Å². The number of pyridine rings is 2. The van der Waals surface area contributed by atoms with Crippen LogP contribution in [0.5, 0.6) is 5.75 Å². The van der Waals surface area contributed by atoms with Gasteiger partial charge in [0.05, 0.1) is 0 Å². The third-order valence-electron chi connectivity index (χ3n) is 4.89. The van der Waals surface area contributed by atoms with Gasteiger partial charge in [-0.15, -0.1) is 10.2 Å². The third-order valence-corrected chi connectivity index (χ3v) is 7.67. The van der Waals surface area contributed by atoms with Crippen LogP contribution in [-0.2, 0) is 0 Å². The van der Waals surface area contributed by atoms with Crippen molar-refractivity contribution in [2.24, 2.45) is 0 Å². The molecule has 0 fully saturated rings. The van der Waals surface area contributed by atoms with Crippen molar-refractivity contribution in [2.75, 3.05) is 32.6 Å². The van der Waals surface area contributed by atoms with Crippen LogP contribution < -0.4 is 10.1 Å². The molecular formula is C24H22N8O2S3. The summed E-state index contributed by atoms with van der Waals surface area (Å²) in [4.78, 5) is 34.2. The summed E-state index contributed by atoms with van der Waals surface area (Å²) < 4.78 is 5.79. The second-order valence-electron chi connectivity index (χ2n) is 7.92. The fraction of sp³-hybridized carbons (Fsp3) is 0.167. The van der Waals surface area contributed by atoms with Crippen LogP contribution in [-0.4, -0.2) is 68.2 Å². The zero-order valence-corrected chi connectivity index (χ0v) is 22.4. The van der Waals surface area contributed by atoms with E-state index >= 15 is 0 Å². The van der Waals surface area contributed by atoms with Crippen molar-refractivity contribution in [3.05, 3.63) is 66.7 Å². The number of hydrogen-bond donors (Lipinski definition) is 2. The van der Waals surface area contributed by atoms with Gasteiger partial charge in [0.15, 0.2) is 10.3 Å². The topological polar surface area (TPSA) is 122 Å². The highest BCUT2D eigenvalue weighted by Gasteiger charge is 2.19. The SMILES string of the molecule is CN(C)CCOc1ccc(Sc2ccc(Sc3nnc[nH]3)nc2C(=O)Nc2nc3cccnc3s2)cc1. The van der Waals surface area contributed by atoms with Crippen molar-refractivity contribution >= 4 is 56.2 Å². The standard InChI is InChI=1S/C24H22N8O2S3/c1-32(2)12-13-34-15-5-7-16(8-6-15)35-18-9-10-19(36-23-26-14-27-31-23)29-20(18)21(33)30-24-28-17-4-3-11-25-22(17)37-24/h3-11,14H,12-13H2,1-2H3,(H,26,27,31)(H,28,30,33).